The summed E-state index contributed by atoms with van der Waals surface area (Å²) in [6, 6.07) is 11.2. The Morgan fingerprint density at radius 1 is 0.897 bits per heavy atom. The Hall–Kier alpha value is -3.39. The first-order valence-corrected chi connectivity index (χ1v) is 8.99. The van der Waals surface area contributed by atoms with Crippen LogP contribution in [0.25, 0.3) is 0 Å². The van der Waals surface area contributed by atoms with E-state index in [-0.39, 0.29) is 23.9 Å². The van der Waals surface area contributed by atoms with Gasteiger partial charge in [0.05, 0.1) is 5.56 Å². The van der Waals surface area contributed by atoms with E-state index in [1.165, 1.54) is 32.0 Å². The van der Waals surface area contributed by atoms with Crippen LogP contribution in [0.3, 0.4) is 0 Å². The van der Waals surface area contributed by atoms with E-state index in [2.05, 4.69) is 16.0 Å². The van der Waals surface area contributed by atoms with Crippen molar-refractivity contribution in [1.29, 1.82) is 0 Å². The molecule has 0 aliphatic heterocycles. The number of ether oxygens (including phenoxy) is 1. The summed E-state index contributed by atoms with van der Waals surface area (Å²) in [4.78, 5) is 46.8. The van der Waals surface area contributed by atoms with Crippen LogP contribution in [0.1, 0.15) is 29.8 Å². The number of halogens is 1. The fraction of sp³-hybridized carbons (Fsp3) is 0.200. The minimum Gasteiger partial charge on any atom is -0.452 e. The number of rotatable bonds is 7. The van der Waals surface area contributed by atoms with E-state index in [4.69, 9.17) is 16.3 Å². The summed E-state index contributed by atoms with van der Waals surface area (Å²) in [5.74, 6) is -1.93. The normalized spacial score (nSPS) is 10.0. The third-order valence-electron chi connectivity index (χ3n) is 3.55. The summed E-state index contributed by atoms with van der Waals surface area (Å²) in [5.41, 5.74) is 1.54. The number of carbonyl (C=O) groups excluding carboxylic acids is 4. The number of nitrogens with one attached hydrogen (secondary N) is 3. The van der Waals surface area contributed by atoms with Gasteiger partial charge in [0.2, 0.25) is 11.8 Å². The molecule has 29 heavy (non-hydrogen) atoms. The summed E-state index contributed by atoms with van der Waals surface area (Å²) in [6.45, 7) is 2.41. The first kappa shape index (κ1) is 21.9. The van der Waals surface area contributed by atoms with Gasteiger partial charge in [-0.1, -0.05) is 23.7 Å². The molecule has 0 unspecified atom stereocenters. The number of amides is 3. The Kier molecular flexibility index (Phi) is 7.73. The first-order chi connectivity index (χ1) is 13.7. The fourth-order valence-corrected chi connectivity index (χ4v) is 2.49. The Morgan fingerprint density at radius 3 is 1.97 bits per heavy atom. The Balaban J connectivity index is 1.97. The van der Waals surface area contributed by atoms with Crippen molar-refractivity contribution in [2.45, 2.75) is 20.4 Å². The molecule has 0 atom stereocenters. The number of carbonyl (C=O) groups is 4. The minimum atomic E-state index is -0.773. The molecule has 0 radical (unpaired) electrons. The van der Waals surface area contributed by atoms with Crippen molar-refractivity contribution >= 4 is 46.7 Å². The van der Waals surface area contributed by atoms with Gasteiger partial charge in [0.15, 0.2) is 6.61 Å². The maximum Gasteiger partial charge on any atom is 0.338 e. The van der Waals surface area contributed by atoms with Gasteiger partial charge in [-0.05, 0) is 35.9 Å². The topological polar surface area (TPSA) is 114 Å². The van der Waals surface area contributed by atoms with Gasteiger partial charge in [-0.2, -0.15) is 0 Å². The van der Waals surface area contributed by atoms with Crippen molar-refractivity contribution < 1.29 is 23.9 Å². The van der Waals surface area contributed by atoms with Crippen LogP contribution in [-0.2, 0) is 25.7 Å². The smallest absolute Gasteiger partial charge is 0.338 e. The van der Waals surface area contributed by atoms with Gasteiger partial charge in [-0.25, -0.2) is 4.79 Å². The molecule has 3 amide bonds. The monoisotopic (exact) mass is 417 g/mol. The lowest BCUT2D eigenvalue weighted by Crippen LogP contribution is -2.28. The molecule has 2 aromatic carbocycles. The van der Waals surface area contributed by atoms with Crippen LogP contribution in [0, 0.1) is 0 Å². The Morgan fingerprint density at radius 2 is 1.45 bits per heavy atom. The van der Waals surface area contributed by atoms with Crippen molar-refractivity contribution in [3.63, 3.8) is 0 Å². The molecule has 0 fully saturated rings. The quantitative estimate of drug-likeness (QED) is 0.599. The second kappa shape index (κ2) is 10.2. The molecule has 8 nitrogen and oxygen atoms in total. The third-order valence-corrected chi connectivity index (χ3v) is 3.80. The third kappa shape index (κ3) is 7.63. The molecule has 0 saturated carbocycles. The van der Waals surface area contributed by atoms with Crippen LogP contribution >= 0.6 is 11.6 Å². The number of benzene rings is 2. The van der Waals surface area contributed by atoms with Gasteiger partial charge in [0.25, 0.3) is 5.91 Å². The van der Waals surface area contributed by atoms with Crippen molar-refractivity contribution in [2.24, 2.45) is 0 Å². The molecule has 0 saturated heterocycles. The lowest BCUT2D eigenvalue weighted by Gasteiger charge is -2.11. The SMILES string of the molecule is CC(=O)Nc1cc(NC(C)=O)cc(C(=O)OCC(=O)NCc2ccc(Cl)cc2)c1. The second-order valence-electron chi connectivity index (χ2n) is 6.14. The predicted octanol–water partition coefficient (Wildman–Crippen LogP) is 2.73. The zero-order valence-electron chi connectivity index (χ0n) is 15.9. The molecule has 0 heterocycles. The summed E-state index contributed by atoms with van der Waals surface area (Å²) < 4.78 is 5.02. The van der Waals surface area contributed by atoms with Crippen molar-refractivity contribution in [1.82, 2.24) is 5.32 Å². The van der Waals surface area contributed by atoms with Crippen LogP contribution in [0.15, 0.2) is 42.5 Å². The largest absolute Gasteiger partial charge is 0.452 e. The van der Waals surface area contributed by atoms with E-state index < -0.39 is 18.5 Å². The van der Waals surface area contributed by atoms with Gasteiger partial charge >= 0.3 is 5.97 Å². The van der Waals surface area contributed by atoms with Gasteiger partial charge in [0.1, 0.15) is 0 Å². The number of esters is 1. The van der Waals surface area contributed by atoms with Gasteiger partial charge in [0, 0.05) is 36.8 Å². The molecular weight excluding hydrogens is 398 g/mol. The van der Waals surface area contributed by atoms with E-state index in [0.29, 0.717) is 16.4 Å². The first-order valence-electron chi connectivity index (χ1n) is 8.61. The van der Waals surface area contributed by atoms with Crippen molar-refractivity contribution in [2.75, 3.05) is 17.2 Å². The van der Waals surface area contributed by atoms with E-state index in [9.17, 15) is 19.2 Å². The predicted molar refractivity (Wildman–Crippen MR) is 109 cm³/mol. The van der Waals surface area contributed by atoms with E-state index in [1.807, 2.05) is 0 Å². The van der Waals surface area contributed by atoms with Gasteiger partial charge < -0.3 is 20.7 Å². The average Bonchev–Trinajstić information content (AvgIpc) is 2.64. The maximum atomic E-state index is 12.3. The van der Waals surface area contributed by atoms with Crippen molar-refractivity contribution in [3.05, 3.63) is 58.6 Å². The van der Waals surface area contributed by atoms with Gasteiger partial charge in [-0.15, -0.1) is 0 Å². The number of hydrogen-bond acceptors (Lipinski definition) is 5. The lowest BCUT2D eigenvalue weighted by atomic mass is 10.1. The summed E-state index contributed by atoms with van der Waals surface area (Å²) in [5, 5.41) is 8.29. The standard InChI is InChI=1S/C20H20ClN3O5/c1-12(25)23-17-7-15(8-18(9-17)24-13(2)26)20(28)29-11-19(27)22-10-14-3-5-16(21)6-4-14/h3-9H,10-11H2,1-2H3,(H,22,27)(H,23,25)(H,24,26). The second-order valence-corrected chi connectivity index (χ2v) is 6.58. The summed E-state index contributed by atoms with van der Waals surface area (Å²) >= 11 is 5.80. The highest BCUT2D eigenvalue weighted by Gasteiger charge is 2.13. The number of anilines is 2. The van der Waals surface area contributed by atoms with Crippen LogP contribution in [0.4, 0.5) is 11.4 Å². The molecule has 9 heteroatoms. The van der Waals surface area contributed by atoms with Crippen LogP contribution < -0.4 is 16.0 Å². The molecule has 0 aliphatic carbocycles. The summed E-state index contributed by atoms with van der Waals surface area (Å²) in [6.07, 6.45) is 0. The average molecular weight is 418 g/mol. The van der Waals surface area contributed by atoms with Gasteiger partial charge in [-0.3, -0.25) is 14.4 Å². The zero-order valence-corrected chi connectivity index (χ0v) is 16.6. The molecule has 3 N–H and O–H groups in total. The van der Waals surface area contributed by atoms with Crippen LogP contribution in [-0.4, -0.2) is 30.3 Å². The summed E-state index contributed by atoms with van der Waals surface area (Å²) in [7, 11) is 0. The Bertz CT molecular complexity index is 894. The molecule has 2 rings (SSSR count). The molecular formula is C20H20ClN3O5. The maximum absolute atomic E-state index is 12.3. The van der Waals surface area contributed by atoms with E-state index in [1.54, 1.807) is 24.3 Å². The minimum absolute atomic E-state index is 0.0745. The lowest BCUT2D eigenvalue weighted by molar-refractivity contribution is -0.124. The van der Waals surface area contributed by atoms with Crippen molar-refractivity contribution in [3.8, 4) is 0 Å². The highest BCUT2D eigenvalue weighted by atomic mass is 35.5. The highest BCUT2D eigenvalue weighted by Crippen LogP contribution is 2.20. The molecule has 152 valence electrons. The van der Waals surface area contributed by atoms with E-state index >= 15 is 0 Å². The molecule has 0 aliphatic rings. The molecule has 0 spiro atoms. The number of hydrogen-bond donors (Lipinski definition) is 3. The van der Waals surface area contributed by atoms with E-state index in [0.717, 1.165) is 5.56 Å². The Labute approximate surface area is 172 Å². The molecule has 2 aromatic rings. The van der Waals surface area contributed by atoms with Crippen LogP contribution in [0.2, 0.25) is 5.02 Å². The zero-order chi connectivity index (χ0) is 21.4. The van der Waals surface area contributed by atoms with Crippen LogP contribution in [0.5, 0.6) is 0 Å². The fourth-order valence-electron chi connectivity index (χ4n) is 2.36. The molecule has 0 aromatic heterocycles. The highest BCUT2D eigenvalue weighted by molar-refractivity contribution is 6.30. The molecule has 0 bridgehead atoms.